The molecule has 2 aliphatic heterocycles. The first-order valence-electron chi connectivity index (χ1n) is 14.0. The number of aromatic nitrogens is 2. The summed E-state index contributed by atoms with van der Waals surface area (Å²) in [5, 5.41) is 3.61. The van der Waals surface area contributed by atoms with E-state index >= 15 is 0 Å². The summed E-state index contributed by atoms with van der Waals surface area (Å²) < 4.78 is 0. The van der Waals surface area contributed by atoms with Crippen molar-refractivity contribution in [3.8, 4) is 0 Å². The molecule has 196 valence electrons. The highest BCUT2D eigenvalue weighted by atomic mass is 16.2. The SMILES string of the molecule is O=C1N(Cc2ccccc2)CCC1(CCN1CCC(Nc2nc3ccccc3[nH]2)CC1)Cc1ccccc1. The third-order valence-electron chi connectivity index (χ3n) is 8.43. The minimum Gasteiger partial charge on any atom is -0.353 e. The van der Waals surface area contributed by atoms with Gasteiger partial charge in [0.25, 0.3) is 0 Å². The third kappa shape index (κ3) is 5.46. The Labute approximate surface area is 225 Å². The lowest BCUT2D eigenvalue weighted by atomic mass is 9.77. The normalized spacial score (nSPS) is 20.8. The summed E-state index contributed by atoms with van der Waals surface area (Å²) in [6.45, 7) is 4.59. The number of imidazole rings is 1. The summed E-state index contributed by atoms with van der Waals surface area (Å²) in [7, 11) is 0. The van der Waals surface area contributed by atoms with E-state index in [4.69, 9.17) is 0 Å². The average Bonchev–Trinajstić information content (AvgIpc) is 3.50. The molecule has 1 unspecified atom stereocenters. The van der Waals surface area contributed by atoms with Crippen LogP contribution in [-0.2, 0) is 17.8 Å². The van der Waals surface area contributed by atoms with Crippen molar-refractivity contribution in [2.24, 2.45) is 5.41 Å². The van der Waals surface area contributed by atoms with E-state index in [0.717, 1.165) is 75.3 Å². The molecule has 6 heteroatoms. The topological polar surface area (TPSA) is 64.3 Å². The molecule has 0 aliphatic carbocycles. The summed E-state index contributed by atoms with van der Waals surface area (Å²) in [4.78, 5) is 26.6. The maximum atomic E-state index is 13.9. The van der Waals surface area contributed by atoms with Crippen LogP contribution in [0.5, 0.6) is 0 Å². The molecule has 0 bridgehead atoms. The van der Waals surface area contributed by atoms with Gasteiger partial charge in [-0.05, 0) is 61.9 Å². The number of carbonyl (C=O) groups excluding carboxylic acids is 1. The number of nitrogens with one attached hydrogen (secondary N) is 2. The largest absolute Gasteiger partial charge is 0.353 e. The molecule has 38 heavy (non-hydrogen) atoms. The number of amides is 1. The first kappa shape index (κ1) is 24.7. The fraction of sp³-hybridized carbons (Fsp3) is 0.375. The maximum Gasteiger partial charge on any atom is 0.229 e. The zero-order chi connectivity index (χ0) is 25.8. The zero-order valence-electron chi connectivity index (χ0n) is 22.0. The van der Waals surface area contributed by atoms with Gasteiger partial charge in [-0.15, -0.1) is 0 Å². The predicted octanol–water partition coefficient (Wildman–Crippen LogP) is 5.49. The Morgan fingerprint density at radius 3 is 2.29 bits per heavy atom. The van der Waals surface area contributed by atoms with Crippen molar-refractivity contribution >= 4 is 22.9 Å². The van der Waals surface area contributed by atoms with E-state index in [2.05, 4.69) is 85.7 Å². The standard InChI is InChI=1S/C32H37N5O/c38-30-32(23-25-9-3-1-4-10-25,18-22-37(30)24-26-11-5-2-6-12-26)17-21-36-19-15-27(16-20-36)33-31-34-28-13-7-8-14-29(28)35-31/h1-14,27H,15-24H2,(H2,33,34,35). The van der Waals surface area contributed by atoms with Gasteiger partial charge in [0.2, 0.25) is 11.9 Å². The second-order valence-corrected chi connectivity index (χ2v) is 11.0. The van der Waals surface area contributed by atoms with Crippen molar-refractivity contribution < 1.29 is 4.79 Å². The second kappa shape index (κ2) is 11.0. The number of aromatic amines is 1. The zero-order valence-corrected chi connectivity index (χ0v) is 22.0. The number of H-pyrrole nitrogens is 1. The van der Waals surface area contributed by atoms with E-state index in [1.54, 1.807) is 0 Å². The number of rotatable bonds is 9. The monoisotopic (exact) mass is 507 g/mol. The van der Waals surface area contributed by atoms with Crippen molar-refractivity contribution in [3.63, 3.8) is 0 Å². The van der Waals surface area contributed by atoms with E-state index in [1.165, 1.54) is 11.1 Å². The van der Waals surface area contributed by atoms with Crippen LogP contribution in [-0.4, -0.2) is 57.9 Å². The average molecular weight is 508 g/mol. The van der Waals surface area contributed by atoms with Crippen LogP contribution in [0.1, 0.15) is 36.8 Å². The molecular weight excluding hydrogens is 470 g/mol. The van der Waals surface area contributed by atoms with E-state index in [0.29, 0.717) is 18.5 Å². The first-order valence-corrected chi connectivity index (χ1v) is 14.0. The summed E-state index contributed by atoms with van der Waals surface area (Å²) >= 11 is 0. The molecule has 0 spiro atoms. The van der Waals surface area contributed by atoms with Crippen LogP contribution in [0.4, 0.5) is 5.95 Å². The van der Waals surface area contributed by atoms with Gasteiger partial charge in [-0.1, -0.05) is 72.8 Å². The Morgan fingerprint density at radius 2 is 1.55 bits per heavy atom. The molecule has 1 aromatic heterocycles. The molecule has 6 nitrogen and oxygen atoms in total. The lowest BCUT2D eigenvalue weighted by molar-refractivity contribution is -0.137. The molecule has 4 aromatic rings. The van der Waals surface area contributed by atoms with Crippen LogP contribution < -0.4 is 5.32 Å². The minimum atomic E-state index is -0.320. The number of nitrogens with zero attached hydrogens (tertiary/aromatic N) is 3. The van der Waals surface area contributed by atoms with Crippen LogP contribution in [0.25, 0.3) is 11.0 Å². The molecule has 0 radical (unpaired) electrons. The van der Waals surface area contributed by atoms with Crippen molar-refractivity contribution in [2.45, 2.75) is 44.7 Å². The number of fused-ring (bicyclic) bond motifs is 1. The minimum absolute atomic E-state index is 0.320. The molecule has 2 saturated heterocycles. The summed E-state index contributed by atoms with van der Waals surface area (Å²) in [6.07, 6.45) is 4.82. The van der Waals surface area contributed by atoms with Crippen LogP contribution in [0, 0.1) is 5.41 Å². The second-order valence-electron chi connectivity index (χ2n) is 11.0. The molecule has 2 N–H and O–H groups in total. The summed E-state index contributed by atoms with van der Waals surface area (Å²) in [6, 6.07) is 29.5. The van der Waals surface area contributed by atoms with Crippen molar-refractivity contribution in [1.29, 1.82) is 0 Å². The third-order valence-corrected chi connectivity index (χ3v) is 8.43. The van der Waals surface area contributed by atoms with Gasteiger partial charge >= 0.3 is 0 Å². The van der Waals surface area contributed by atoms with Crippen molar-refractivity contribution in [2.75, 3.05) is 31.5 Å². The van der Waals surface area contributed by atoms with Gasteiger partial charge in [-0.3, -0.25) is 4.79 Å². The Morgan fingerprint density at radius 1 is 0.868 bits per heavy atom. The molecule has 1 amide bonds. The number of anilines is 1. The summed E-state index contributed by atoms with van der Waals surface area (Å²) in [5.74, 6) is 1.19. The number of carbonyl (C=O) groups is 1. The predicted molar refractivity (Wildman–Crippen MR) is 153 cm³/mol. The highest BCUT2D eigenvalue weighted by Gasteiger charge is 2.46. The Bertz CT molecular complexity index is 1310. The van der Waals surface area contributed by atoms with Crippen LogP contribution in [0.2, 0.25) is 0 Å². The molecule has 2 aliphatic rings. The number of piperidine rings is 1. The number of hydrogen-bond donors (Lipinski definition) is 2. The van der Waals surface area contributed by atoms with Crippen molar-refractivity contribution in [3.05, 3.63) is 96.1 Å². The smallest absolute Gasteiger partial charge is 0.229 e. The van der Waals surface area contributed by atoms with Crippen LogP contribution in [0.15, 0.2) is 84.9 Å². The molecular formula is C32H37N5O. The Kier molecular flexibility index (Phi) is 7.14. The van der Waals surface area contributed by atoms with E-state index in [1.807, 2.05) is 24.3 Å². The number of likely N-dealkylation sites (tertiary alicyclic amines) is 2. The number of para-hydroxylation sites is 2. The van der Waals surface area contributed by atoms with Gasteiger partial charge in [0.1, 0.15) is 0 Å². The van der Waals surface area contributed by atoms with E-state index < -0.39 is 0 Å². The van der Waals surface area contributed by atoms with E-state index in [-0.39, 0.29) is 5.41 Å². The molecule has 3 aromatic carbocycles. The Balaban J connectivity index is 1.08. The van der Waals surface area contributed by atoms with Gasteiger partial charge in [0, 0.05) is 32.2 Å². The quantitative estimate of drug-likeness (QED) is 0.314. The maximum absolute atomic E-state index is 13.9. The lowest BCUT2D eigenvalue weighted by Crippen LogP contribution is -2.43. The summed E-state index contributed by atoms with van der Waals surface area (Å²) in [5.41, 5.74) is 4.21. The Hall–Kier alpha value is -3.64. The van der Waals surface area contributed by atoms with Crippen LogP contribution in [0.3, 0.4) is 0 Å². The van der Waals surface area contributed by atoms with Gasteiger partial charge < -0.3 is 20.1 Å². The van der Waals surface area contributed by atoms with Crippen LogP contribution >= 0.6 is 0 Å². The van der Waals surface area contributed by atoms with Gasteiger partial charge in [-0.25, -0.2) is 4.98 Å². The lowest BCUT2D eigenvalue weighted by Gasteiger charge is -2.35. The fourth-order valence-corrected chi connectivity index (χ4v) is 6.21. The highest BCUT2D eigenvalue weighted by Crippen LogP contribution is 2.40. The molecule has 3 heterocycles. The number of benzene rings is 3. The fourth-order valence-electron chi connectivity index (χ4n) is 6.21. The molecule has 2 fully saturated rings. The molecule has 1 atom stereocenters. The number of hydrogen-bond acceptors (Lipinski definition) is 4. The van der Waals surface area contributed by atoms with Gasteiger partial charge in [-0.2, -0.15) is 0 Å². The van der Waals surface area contributed by atoms with Gasteiger partial charge in [0.15, 0.2) is 0 Å². The highest BCUT2D eigenvalue weighted by molar-refractivity contribution is 5.85. The first-order chi connectivity index (χ1) is 18.7. The van der Waals surface area contributed by atoms with Gasteiger partial charge in [0.05, 0.1) is 16.4 Å². The van der Waals surface area contributed by atoms with E-state index in [9.17, 15) is 4.79 Å². The van der Waals surface area contributed by atoms with Crippen molar-refractivity contribution in [1.82, 2.24) is 19.8 Å². The molecule has 0 saturated carbocycles. The molecule has 6 rings (SSSR count).